The number of methoxy groups -OCH3 is 4. The number of carbonyl (C=O) groups is 2. The molecule has 0 spiro atoms. The number of hydrogen-bond donors (Lipinski definition) is 1. The van der Waals surface area contributed by atoms with Crippen molar-refractivity contribution in [1.29, 1.82) is 0 Å². The average Bonchev–Trinajstić information content (AvgIpc) is 3.68. The van der Waals surface area contributed by atoms with Crippen molar-refractivity contribution in [3.05, 3.63) is 76.3 Å². The first-order chi connectivity index (χ1) is 23.5. The molecule has 2 atom stereocenters. The summed E-state index contributed by atoms with van der Waals surface area (Å²) in [6, 6.07) is 13.7. The van der Waals surface area contributed by atoms with Gasteiger partial charge in [-0.25, -0.2) is 12.7 Å². The Morgan fingerprint density at radius 1 is 0.980 bits per heavy atom. The van der Waals surface area contributed by atoms with E-state index >= 15 is 4.79 Å². The van der Waals surface area contributed by atoms with Crippen molar-refractivity contribution in [1.82, 2.24) is 15.1 Å². The molecule has 2 aliphatic rings. The minimum Gasteiger partial charge on any atom is -0.497 e. The Kier molecular flexibility index (Phi) is 11.1. The first-order valence-corrected chi connectivity index (χ1v) is 17.8. The van der Waals surface area contributed by atoms with Crippen LogP contribution in [-0.4, -0.2) is 98.3 Å². The molecular formula is C35H43ClN4O8S. The SMILES string of the molecule is COCCCNCc1ccc(OC)c([C@]2(N3CCCC3C(=O)N(C)C)C(=O)N(S(=O)(=O)c3ccc(OC)cc3OC)c3ccc(Cl)cc32)c1. The second-order valence-electron chi connectivity index (χ2n) is 12.1. The fraction of sp³-hybridized carbons (Fsp3) is 0.429. The van der Waals surface area contributed by atoms with Gasteiger partial charge >= 0.3 is 0 Å². The van der Waals surface area contributed by atoms with Gasteiger partial charge in [-0.15, -0.1) is 0 Å². The van der Waals surface area contributed by atoms with E-state index in [1.165, 1.54) is 50.5 Å². The lowest BCUT2D eigenvalue weighted by Crippen LogP contribution is -2.59. The smallest absolute Gasteiger partial charge is 0.274 e. The van der Waals surface area contributed by atoms with E-state index in [4.69, 9.17) is 30.5 Å². The van der Waals surface area contributed by atoms with E-state index in [1.807, 2.05) is 17.0 Å². The number of ether oxygens (including phenoxy) is 4. The molecule has 0 saturated carbocycles. The summed E-state index contributed by atoms with van der Waals surface area (Å²) in [6.45, 7) is 2.08. The fourth-order valence-electron chi connectivity index (χ4n) is 6.81. The summed E-state index contributed by atoms with van der Waals surface area (Å²) in [5.74, 6) is -0.261. The van der Waals surface area contributed by atoms with Crippen LogP contribution in [0.4, 0.5) is 5.69 Å². The number of sulfonamides is 1. The molecule has 1 N–H and O–H groups in total. The van der Waals surface area contributed by atoms with E-state index in [-0.39, 0.29) is 22.2 Å². The normalized spacial score (nSPS) is 19.2. The maximum absolute atomic E-state index is 15.6. The summed E-state index contributed by atoms with van der Waals surface area (Å²) >= 11 is 6.66. The number of anilines is 1. The number of likely N-dealkylation sites (tertiary alicyclic amines) is 1. The molecule has 1 fully saturated rings. The van der Waals surface area contributed by atoms with Crippen molar-refractivity contribution in [2.45, 2.75) is 42.3 Å². The monoisotopic (exact) mass is 714 g/mol. The Morgan fingerprint density at radius 3 is 2.41 bits per heavy atom. The Morgan fingerprint density at radius 2 is 1.73 bits per heavy atom. The Balaban J connectivity index is 1.80. The maximum Gasteiger partial charge on any atom is 0.274 e. The number of rotatable bonds is 14. The van der Waals surface area contributed by atoms with E-state index in [9.17, 15) is 13.2 Å². The lowest BCUT2D eigenvalue weighted by atomic mass is 9.80. The number of benzene rings is 3. The third-order valence-corrected chi connectivity index (χ3v) is 11.0. The molecule has 3 aromatic carbocycles. The summed E-state index contributed by atoms with van der Waals surface area (Å²) in [5, 5.41) is 3.69. The van der Waals surface area contributed by atoms with Crippen LogP contribution in [0.2, 0.25) is 5.02 Å². The van der Waals surface area contributed by atoms with Crippen LogP contribution < -0.4 is 23.8 Å². The number of likely N-dealkylation sites (N-methyl/N-ethyl adjacent to an activating group) is 1. The van der Waals surface area contributed by atoms with Gasteiger partial charge < -0.3 is 29.2 Å². The zero-order valence-corrected chi connectivity index (χ0v) is 30.2. The van der Waals surface area contributed by atoms with Crippen molar-refractivity contribution >= 4 is 39.1 Å². The highest BCUT2D eigenvalue weighted by Crippen LogP contribution is 2.55. The average molecular weight is 715 g/mol. The van der Waals surface area contributed by atoms with Gasteiger partial charge in [0.05, 0.1) is 33.1 Å². The van der Waals surface area contributed by atoms with E-state index in [0.29, 0.717) is 66.7 Å². The van der Waals surface area contributed by atoms with E-state index in [2.05, 4.69) is 5.32 Å². The van der Waals surface area contributed by atoms with Crippen molar-refractivity contribution in [2.24, 2.45) is 0 Å². The third-order valence-electron chi connectivity index (χ3n) is 9.04. The predicted octanol–water partition coefficient (Wildman–Crippen LogP) is 4.02. The number of nitrogens with one attached hydrogen (secondary N) is 1. The number of fused-ring (bicyclic) bond motifs is 1. The standard InChI is InChI=1S/C35H43ClN4O8S/c1-38(2)33(41)29-9-7-17-39(29)35(27-19-23(10-14-30(27)47-5)22-37-16-8-18-45-3)26-20-24(36)11-13-28(26)40(34(35)42)49(43,44)32-15-12-25(46-4)21-31(32)48-6/h10-15,19-21,29,37H,7-9,16-18,22H2,1-6H3/t29?,35-/m0/s1. The topological polar surface area (TPSA) is 127 Å². The van der Waals surface area contributed by atoms with Gasteiger partial charge in [-0.05, 0) is 73.8 Å². The molecule has 5 rings (SSSR count). The van der Waals surface area contributed by atoms with Crippen LogP contribution in [0.1, 0.15) is 36.0 Å². The Bertz CT molecular complexity index is 1820. The summed E-state index contributed by atoms with van der Waals surface area (Å²) < 4.78 is 52.3. The van der Waals surface area contributed by atoms with Gasteiger partial charge in [-0.1, -0.05) is 17.7 Å². The minimum atomic E-state index is -4.62. The molecule has 0 radical (unpaired) electrons. The van der Waals surface area contributed by atoms with Crippen LogP contribution in [0.5, 0.6) is 17.2 Å². The van der Waals surface area contributed by atoms with Crippen molar-refractivity contribution in [2.75, 3.05) is 66.5 Å². The van der Waals surface area contributed by atoms with Gasteiger partial charge in [0.25, 0.3) is 15.9 Å². The molecular weight excluding hydrogens is 672 g/mol. The van der Waals surface area contributed by atoms with Crippen LogP contribution >= 0.6 is 11.6 Å². The molecule has 0 bridgehead atoms. The molecule has 1 unspecified atom stereocenters. The summed E-state index contributed by atoms with van der Waals surface area (Å²) in [6.07, 6.45) is 1.86. The van der Waals surface area contributed by atoms with Gasteiger partial charge in [0.1, 0.15) is 22.1 Å². The van der Waals surface area contributed by atoms with Gasteiger partial charge in [-0.2, -0.15) is 0 Å². The van der Waals surface area contributed by atoms with Gasteiger partial charge in [0.2, 0.25) is 5.91 Å². The summed E-state index contributed by atoms with van der Waals surface area (Å²) in [5.41, 5.74) is -0.158. The molecule has 2 aliphatic heterocycles. The Labute approximate surface area is 292 Å². The van der Waals surface area contributed by atoms with Crippen LogP contribution in [0, 0.1) is 0 Å². The first kappa shape index (κ1) is 36.4. The predicted molar refractivity (Wildman–Crippen MR) is 186 cm³/mol. The number of halogens is 1. The van der Waals surface area contributed by atoms with Crippen LogP contribution in [0.15, 0.2) is 59.5 Å². The minimum absolute atomic E-state index is 0.00104. The number of amides is 2. The van der Waals surface area contributed by atoms with Gasteiger partial charge in [-0.3, -0.25) is 14.5 Å². The van der Waals surface area contributed by atoms with E-state index in [1.54, 1.807) is 39.4 Å². The molecule has 2 amide bonds. The quantitative estimate of drug-likeness (QED) is 0.245. The summed E-state index contributed by atoms with van der Waals surface area (Å²) in [4.78, 5) is 32.4. The number of nitrogens with zero attached hydrogens (tertiary/aromatic N) is 3. The van der Waals surface area contributed by atoms with Crippen molar-refractivity contribution in [3.63, 3.8) is 0 Å². The molecule has 14 heteroatoms. The zero-order valence-electron chi connectivity index (χ0n) is 28.6. The van der Waals surface area contributed by atoms with E-state index < -0.39 is 27.5 Å². The van der Waals surface area contributed by atoms with Gasteiger partial charge in [0.15, 0.2) is 5.54 Å². The molecule has 1 saturated heterocycles. The van der Waals surface area contributed by atoms with Crippen molar-refractivity contribution in [3.8, 4) is 17.2 Å². The number of hydrogen-bond acceptors (Lipinski definition) is 10. The highest BCUT2D eigenvalue weighted by Gasteiger charge is 2.63. The molecule has 2 heterocycles. The third kappa shape index (κ3) is 6.45. The maximum atomic E-state index is 15.6. The van der Waals surface area contributed by atoms with Crippen LogP contribution in [0.3, 0.4) is 0 Å². The second-order valence-corrected chi connectivity index (χ2v) is 14.3. The van der Waals surface area contributed by atoms with Crippen molar-refractivity contribution < 1.29 is 37.0 Å². The highest BCUT2D eigenvalue weighted by atomic mass is 35.5. The molecule has 0 aliphatic carbocycles. The van der Waals surface area contributed by atoms with Gasteiger partial charge in [0, 0.05) is 63.1 Å². The first-order valence-electron chi connectivity index (χ1n) is 15.9. The molecule has 0 aromatic heterocycles. The second kappa shape index (κ2) is 14.9. The lowest BCUT2D eigenvalue weighted by Gasteiger charge is -2.42. The lowest BCUT2D eigenvalue weighted by molar-refractivity contribution is -0.138. The molecule has 264 valence electrons. The molecule has 3 aromatic rings. The number of carbonyl (C=O) groups excluding carboxylic acids is 2. The zero-order chi connectivity index (χ0) is 35.5. The highest BCUT2D eigenvalue weighted by molar-refractivity contribution is 7.93. The molecule has 12 nitrogen and oxygen atoms in total. The largest absolute Gasteiger partial charge is 0.497 e. The van der Waals surface area contributed by atoms with E-state index in [0.717, 1.165) is 16.3 Å². The Hall–Kier alpha value is -3.88. The summed E-state index contributed by atoms with van der Waals surface area (Å²) in [7, 11) is 4.65. The fourth-order valence-corrected chi connectivity index (χ4v) is 8.58. The van der Waals surface area contributed by atoms with Crippen LogP contribution in [0.25, 0.3) is 0 Å². The molecule has 49 heavy (non-hydrogen) atoms. The van der Waals surface area contributed by atoms with Crippen LogP contribution in [-0.2, 0) is 36.4 Å².